The minimum atomic E-state index is -0.720. The van der Waals surface area contributed by atoms with Gasteiger partial charge in [-0.05, 0) is 46.5 Å². The smallest absolute Gasteiger partial charge is 0.330 e. The van der Waals surface area contributed by atoms with Gasteiger partial charge in [0, 0.05) is 31.3 Å². The lowest BCUT2D eigenvalue weighted by Gasteiger charge is -2.25. The molecule has 0 aliphatic carbocycles. The normalized spacial score (nSPS) is 11.0. The number of nitrogens with two attached hydrogens (primary N) is 1. The maximum Gasteiger partial charge on any atom is 0.330 e. The molecule has 9 nitrogen and oxygen atoms in total. The van der Waals surface area contributed by atoms with Crippen molar-refractivity contribution in [1.29, 1.82) is 0 Å². The zero-order valence-electron chi connectivity index (χ0n) is 17.5. The summed E-state index contributed by atoms with van der Waals surface area (Å²) in [6.07, 6.45) is 0.464. The van der Waals surface area contributed by atoms with Crippen LogP contribution in [0.2, 0.25) is 0 Å². The van der Waals surface area contributed by atoms with Crippen molar-refractivity contribution >= 4 is 33.3 Å². The van der Waals surface area contributed by atoms with Crippen LogP contribution >= 0.6 is 15.9 Å². The highest BCUT2D eigenvalue weighted by atomic mass is 79.9. The molecule has 30 heavy (non-hydrogen) atoms. The van der Waals surface area contributed by atoms with Crippen LogP contribution in [0.25, 0.3) is 0 Å². The average molecular weight is 483 g/mol. The van der Waals surface area contributed by atoms with Gasteiger partial charge >= 0.3 is 5.69 Å². The number of halogens is 1. The Balaban J connectivity index is 2.64. The lowest BCUT2D eigenvalue weighted by Crippen LogP contribution is -2.42. The van der Waals surface area contributed by atoms with Gasteiger partial charge in [-0.25, -0.2) is 4.79 Å². The van der Waals surface area contributed by atoms with Crippen molar-refractivity contribution in [3.63, 3.8) is 0 Å². The summed E-state index contributed by atoms with van der Waals surface area (Å²) in [4.78, 5) is 42.0. The van der Waals surface area contributed by atoms with Crippen molar-refractivity contribution in [2.45, 2.75) is 26.8 Å². The number of rotatable bonds is 9. The lowest BCUT2D eigenvalue weighted by molar-refractivity contribution is 0.0982. The molecule has 1 amide bonds. The number of carbonyl (C=O) groups excluding carboxylic acids is 1. The fourth-order valence-corrected chi connectivity index (χ4v) is 3.42. The van der Waals surface area contributed by atoms with Crippen LogP contribution in [0.15, 0.2) is 32.3 Å². The van der Waals surface area contributed by atoms with E-state index in [1.54, 1.807) is 25.3 Å². The number of carbonyl (C=O) groups is 1. The lowest BCUT2D eigenvalue weighted by atomic mass is 10.1. The quantitative estimate of drug-likeness (QED) is 0.528. The van der Waals surface area contributed by atoms with Gasteiger partial charge in [0.15, 0.2) is 5.69 Å². The highest BCUT2D eigenvalue weighted by Crippen LogP contribution is 2.27. The third kappa shape index (κ3) is 5.31. The van der Waals surface area contributed by atoms with E-state index in [1.165, 1.54) is 16.6 Å². The number of aromatic amines is 1. The van der Waals surface area contributed by atoms with Gasteiger partial charge in [-0.2, -0.15) is 0 Å². The van der Waals surface area contributed by atoms with Gasteiger partial charge in [-0.15, -0.1) is 0 Å². The van der Waals surface area contributed by atoms with E-state index in [1.807, 2.05) is 13.8 Å². The summed E-state index contributed by atoms with van der Waals surface area (Å²) in [5.74, 6) is 0.0880. The van der Waals surface area contributed by atoms with Crippen molar-refractivity contribution < 1.29 is 14.3 Å². The van der Waals surface area contributed by atoms with Crippen molar-refractivity contribution in [3.05, 3.63) is 49.1 Å². The molecular formula is C20H27BrN4O5. The number of nitrogen functional groups attached to an aromatic ring is 1. The van der Waals surface area contributed by atoms with Crippen LogP contribution in [0.4, 0.5) is 11.5 Å². The Bertz CT molecular complexity index is 1020. The number of nitrogens with one attached hydrogen (secondary N) is 1. The number of benzene rings is 1. The monoisotopic (exact) mass is 482 g/mol. The predicted molar refractivity (Wildman–Crippen MR) is 119 cm³/mol. The second-order valence-corrected chi connectivity index (χ2v) is 8.00. The Hall–Kier alpha value is -2.59. The van der Waals surface area contributed by atoms with Crippen LogP contribution in [0, 0.1) is 5.92 Å². The molecule has 1 aromatic heterocycles. The fraction of sp³-hybridized carbons (Fsp3) is 0.450. The second kappa shape index (κ2) is 10.4. The zero-order valence-corrected chi connectivity index (χ0v) is 19.1. The molecule has 2 rings (SSSR count). The van der Waals surface area contributed by atoms with E-state index in [2.05, 4.69) is 20.9 Å². The topological polar surface area (TPSA) is 120 Å². The van der Waals surface area contributed by atoms with E-state index in [0.717, 1.165) is 0 Å². The molecule has 3 N–H and O–H groups in total. The molecule has 0 fully saturated rings. The number of ether oxygens (including phenoxy) is 2. The van der Waals surface area contributed by atoms with Gasteiger partial charge < -0.3 is 20.1 Å². The van der Waals surface area contributed by atoms with Crippen molar-refractivity contribution in [2.24, 2.45) is 5.92 Å². The van der Waals surface area contributed by atoms with E-state index in [-0.39, 0.29) is 24.0 Å². The number of nitrogens with zero attached hydrogens (tertiary/aromatic N) is 2. The fourth-order valence-electron chi connectivity index (χ4n) is 3.01. The Kier molecular flexibility index (Phi) is 8.24. The first-order valence-electron chi connectivity index (χ1n) is 9.48. The molecule has 0 aliphatic heterocycles. The first kappa shape index (κ1) is 23.7. The summed E-state index contributed by atoms with van der Waals surface area (Å²) < 4.78 is 12.1. The minimum Gasteiger partial charge on any atom is -0.497 e. The van der Waals surface area contributed by atoms with Crippen LogP contribution < -0.4 is 26.6 Å². The van der Waals surface area contributed by atoms with Gasteiger partial charge in [0.2, 0.25) is 0 Å². The highest BCUT2D eigenvalue weighted by molar-refractivity contribution is 9.10. The van der Waals surface area contributed by atoms with Crippen LogP contribution in [-0.4, -0.2) is 42.8 Å². The molecule has 10 heteroatoms. The number of aromatic nitrogens is 2. The molecule has 0 bridgehead atoms. The summed E-state index contributed by atoms with van der Waals surface area (Å²) in [6.45, 7) is 4.70. The number of H-pyrrole nitrogens is 1. The first-order chi connectivity index (χ1) is 14.2. The molecule has 0 aliphatic rings. The highest BCUT2D eigenvalue weighted by Gasteiger charge is 2.26. The zero-order chi connectivity index (χ0) is 22.4. The Labute approximate surface area is 182 Å². The number of methoxy groups -OCH3 is 2. The van der Waals surface area contributed by atoms with Crippen molar-refractivity contribution in [2.75, 3.05) is 38.0 Å². The number of hydrogen-bond acceptors (Lipinski definition) is 6. The maximum absolute atomic E-state index is 13.5. The van der Waals surface area contributed by atoms with E-state index < -0.39 is 17.2 Å². The van der Waals surface area contributed by atoms with Crippen molar-refractivity contribution in [3.8, 4) is 5.75 Å². The molecule has 0 atom stereocenters. The van der Waals surface area contributed by atoms with E-state index in [4.69, 9.17) is 15.2 Å². The standard InChI is InChI=1S/C20H27BrN4O5/c1-12(2)11-25-17(22)16(18(26)23-20(25)28)24(8-5-9-29-3)19(27)14-10-13(30-4)6-7-15(14)21/h6-7,10,12H,5,8-9,11,22H2,1-4H3,(H,23,26,28). The third-order valence-electron chi connectivity index (χ3n) is 4.41. The molecule has 0 radical (unpaired) electrons. The predicted octanol–water partition coefficient (Wildman–Crippen LogP) is 2.23. The Morgan fingerprint density at radius 2 is 2.00 bits per heavy atom. The average Bonchev–Trinajstić information content (AvgIpc) is 2.69. The molecule has 1 heterocycles. The first-order valence-corrected chi connectivity index (χ1v) is 10.3. The summed E-state index contributed by atoms with van der Waals surface area (Å²) in [7, 11) is 3.05. The molecule has 0 saturated heterocycles. The summed E-state index contributed by atoms with van der Waals surface area (Å²) >= 11 is 3.38. The number of amides is 1. The molecule has 0 unspecified atom stereocenters. The minimum absolute atomic E-state index is 0.0535. The van der Waals surface area contributed by atoms with Gasteiger partial charge in [0.05, 0.1) is 12.7 Å². The van der Waals surface area contributed by atoms with Gasteiger partial charge in [-0.3, -0.25) is 19.1 Å². The second-order valence-electron chi connectivity index (χ2n) is 7.15. The number of anilines is 2. The van der Waals surface area contributed by atoms with E-state index in [9.17, 15) is 14.4 Å². The van der Waals surface area contributed by atoms with Crippen LogP contribution in [0.5, 0.6) is 5.75 Å². The molecule has 1 aromatic carbocycles. The van der Waals surface area contributed by atoms with Crippen LogP contribution in [-0.2, 0) is 11.3 Å². The molecule has 0 spiro atoms. The van der Waals surface area contributed by atoms with Crippen molar-refractivity contribution in [1.82, 2.24) is 9.55 Å². The van der Waals surface area contributed by atoms with E-state index >= 15 is 0 Å². The molecule has 164 valence electrons. The summed E-state index contributed by atoms with van der Waals surface area (Å²) in [6, 6.07) is 4.97. The maximum atomic E-state index is 13.5. The molecule has 0 saturated carbocycles. The largest absolute Gasteiger partial charge is 0.497 e. The Morgan fingerprint density at radius 3 is 2.60 bits per heavy atom. The van der Waals surface area contributed by atoms with Crippen LogP contribution in [0.1, 0.15) is 30.6 Å². The molecule has 2 aromatic rings. The van der Waals surface area contributed by atoms with Crippen LogP contribution in [0.3, 0.4) is 0 Å². The molecular weight excluding hydrogens is 456 g/mol. The SMILES string of the molecule is COCCCN(C(=O)c1cc(OC)ccc1Br)c1c(N)n(CC(C)C)c(=O)[nH]c1=O. The summed E-state index contributed by atoms with van der Waals surface area (Å²) in [5, 5.41) is 0. The summed E-state index contributed by atoms with van der Waals surface area (Å²) in [5.41, 5.74) is 5.13. The number of hydrogen-bond donors (Lipinski definition) is 2. The Morgan fingerprint density at radius 1 is 1.30 bits per heavy atom. The van der Waals surface area contributed by atoms with Gasteiger partial charge in [-0.1, -0.05) is 13.8 Å². The van der Waals surface area contributed by atoms with Gasteiger partial charge in [0.1, 0.15) is 11.6 Å². The third-order valence-corrected chi connectivity index (χ3v) is 5.10. The van der Waals surface area contributed by atoms with Gasteiger partial charge in [0.25, 0.3) is 11.5 Å². The van der Waals surface area contributed by atoms with E-state index in [0.29, 0.717) is 35.4 Å².